The second-order valence-electron chi connectivity index (χ2n) is 5.49. The maximum atomic E-state index is 12.7. The van der Waals surface area contributed by atoms with E-state index in [4.69, 9.17) is 9.47 Å². The Hall–Kier alpha value is -2.86. The number of anilines is 1. The average molecular weight is 368 g/mol. The number of fused-ring (bicyclic) bond motifs is 1. The van der Waals surface area contributed by atoms with Crippen LogP contribution in [-0.2, 0) is 4.79 Å². The monoisotopic (exact) mass is 368 g/mol. The first-order valence-corrected chi connectivity index (χ1v) is 9.05. The number of hydrogen-bond acceptors (Lipinski definition) is 5. The molecule has 0 aliphatic carbocycles. The van der Waals surface area contributed by atoms with Gasteiger partial charge >= 0.3 is 0 Å². The Balaban J connectivity index is 1.81. The molecule has 0 aliphatic rings. The fourth-order valence-corrected chi connectivity index (χ4v) is 3.61. The number of methoxy groups -OCH3 is 2. The highest BCUT2D eigenvalue weighted by molar-refractivity contribution is 7.22. The molecular formula is C20H20N2O3S. The topological polar surface area (TPSA) is 51.7 Å². The minimum Gasteiger partial charge on any atom is -0.493 e. The molecule has 0 N–H and O–H groups in total. The third-order valence-electron chi connectivity index (χ3n) is 3.92. The van der Waals surface area contributed by atoms with Crippen molar-refractivity contribution >= 4 is 38.7 Å². The molecule has 0 saturated heterocycles. The van der Waals surface area contributed by atoms with Crippen molar-refractivity contribution < 1.29 is 14.3 Å². The van der Waals surface area contributed by atoms with Gasteiger partial charge in [0.05, 0.1) is 24.4 Å². The molecule has 0 unspecified atom stereocenters. The number of benzene rings is 2. The van der Waals surface area contributed by atoms with Gasteiger partial charge in [0, 0.05) is 12.6 Å². The molecule has 0 radical (unpaired) electrons. The van der Waals surface area contributed by atoms with Crippen LogP contribution in [0.3, 0.4) is 0 Å². The predicted molar refractivity (Wildman–Crippen MR) is 106 cm³/mol. The Bertz CT molecular complexity index is 916. The van der Waals surface area contributed by atoms with Crippen molar-refractivity contribution in [3.8, 4) is 11.5 Å². The molecule has 0 fully saturated rings. The first-order chi connectivity index (χ1) is 12.7. The number of thiazole rings is 1. The van der Waals surface area contributed by atoms with Gasteiger partial charge in [0.15, 0.2) is 16.6 Å². The van der Waals surface area contributed by atoms with E-state index >= 15 is 0 Å². The van der Waals surface area contributed by atoms with Crippen LogP contribution in [0.2, 0.25) is 0 Å². The molecule has 3 aromatic rings. The molecule has 0 saturated carbocycles. The highest BCUT2D eigenvalue weighted by Crippen LogP contribution is 2.30. The summed E-state index contributed by atoms with van der Waals surface area (Å²) in [7, 11) is 3.18. The molecular weight excluding hydrogens is 348 g/mol. The standard InChI is InChI=1S/C20H20N2O3S/c1-4-22(20-21-15-7-5-6-8-18(15)26-20)19(23)12-10-14-9-11-16(24-2)17(13-14)25-3/h5-13H,4H2,1-3H3/b12-10+. The zero-order chi connectivity index (χ0) is 18.5. The number of hydrogen-bond donors (Lipinski definition) is 0. The van der Waals surface area contributed by atoms with E-state index in [1.54, 1.807) is 31.3 Å². The van der Waals surface area contributed by atoms with E-state index in [2.05, 4.69) is 4.98 Å². The lowest BCUT2D eigenvalue weighted by Crippen LogP contribution is -2.28. The number of para-hydroxylation sites is 1. The number of ether oxygens (including phenoxy) is 2. The van der Waals surface area contributed by atoms with Crippen LogP contribution >= 0.6 is 11.3 Å². The molecule has 1 heterocycles. The Morgan fingerprint density at radius 1 is 1.15 bits per heavy atom. The summed E-state index contributed by atoms with van der Waals surface area (Å²) >= 11 is 1.51. The second kappa shape index (κ2) is 8.01. The van der Waals surface area contributed by atoms with Crippen molar-refractivity contribution in [2.24, 2.45) is 0 Å². The van der Waals surface area contributed by atoms with Crippen molar-refractivity contribution in [2.75, 3.05) is 25.7 Å². The summed E-state index contributed by atoms with van der Waals surface area (Å²) in [5.41, 5.74) is 1.76. The first-order valence-electron chi connectivity index (χ1n) is 8.23. The van der Waals surface area contributed by atoms with Crippen LogP contribution < -0.4 is 14.4 Å². The molecule has 6 heteroatoms. The average Bonchev–Trinajstić information content (AvgIpc) is 3.10. The van der Waals surface area contributed by atoms with Crippen molar-refractivity contribution in [1.29, 1.82) is 0 Å². The van der Waals surface area contributed by atoms with Crippen LogP contribution in [0, 0.1) is 0 Å². The van der Waals surface area contributed by atoms with Gasteiger partial charge < -0.3 is 9.47 Å². The van der Waals surface area contributed by atoms with Crippen molar-refractivity contribution in [3.63, 3.8) is 0 Å². The van der Waals surface area contributed by atoms with Crippen molar-refractivity contribution in [2.45, 2.75) is 6.92 Å². The molecule has 134 valence electrons. The summed E-state index contributed by atoms with van der Waals surface area (Å²) in [6.07, 6.45) is 3.32. The Morgan fingerprint density at radius 3 is 2.62 bits per heavy atom. The van der Waals surface area contributed by atoms with Gasteiger partial charge in [-0.25, -0.2) is 4.98 Å². The second-order valence-corrected chi connectivity index (χ2v) is 6.50. The molecule has 0 bridgehead atoms. The molecule has 5 nitrogen and oxygen atoms in total. The number of likely N-dealkylation sites (N-methyl/N-ethyl adjacent to an activating group) is 1. The van der Waals surface area contributed by atoms with E-state index in [-0.39, 0.29) is 5.91 Å². The van der Waals surface area contributed by atoms with Gasteiger partial charge in [-0.05, 0) is 42.8 Å². The quantitative estimate of drug-likeness (QED) is 0.606. The van der Waals surface area contributed by atoms with Gasteiger partial charge in [-0.1, -0.05) is 29.5 Å². The molecule has 2 aromatic carbocycles. The number of carbonyl (C=O) groups excluding carboxylic acids is 1. The summed E-state index contributed by atoms with van der Waals surface area (Å²) in [5, 5.41) is 0.704. The van der Waals surface area contributed by atoms with Gasteiger partial charge in [-0.2, -0.15) is 0 Å². The van der Waals surface area contributed by atoms with Gasteiger partial charge in [-0.15, -0.1) is 0 Å². The largest absolute Gasteiger partial charge is 0.493 e. The van der Waals surface area contributed by atoms with Crippen LogP contribution in [0.1, 0.15) is 12.5 Å². The maximum absolute atomic E-state index is 12.7. The number of aromatic nitrogens is 1. The van der Waals surface area contributed by atoms with Gasteiger partial charge in [0.25, 0.3) is 5.91 Å². The fraction of sp³-hybridized carbons (Fsp3) is 0.200. The van der Waals surface area contributed by atoms with Crippen LogP contribution in [0.5, 0.6) is 11.5 Å². The smallest absolute Gasteiger partial charge is 0.252 e. The Morgan fingerprint density at radius 2 is 1.92 bits per heavy atom. The molecule has 0 aliphatic heterocycles. The van der Waals surface area contributed by atoms with Crippen LogP contribution in [0.4, 0.5) is 5.13 Å². The lowest BCUT2D eigenvalue weighted by Gasteiger charge is -2.15. The minimum absolute atomic E-state index is 0.110. The summed E-state index contributed by atoms with van der Waals surface area (Å²) in [6.45, 7) is 2.49. The SMILES string of the molecule is CCN(C(=O)/C=C/c1ccc(OC)c(OC)c1)c1nc2ccccc2s1. The zero-order valence-electron chi connectivity index (χ0n) is 14.9. The van der Waals surface area contributed by atoms with E-state index in [9.17, 15) is 4.79 Å². The number of carbonyl (C=O) groups is 1. The van der Waals surface area contributed by atoms with E-state index < -0.39 is 0 Å². The summed E-state index contributed by atoms with van der Waals surface area (Å²) < 4.78 is 11.6. The van der Waals surface area contributed by atoms with Gasteiger partial charge in [0.2, 0.25) is 0 Å². The maximum Gasteiger partial charge on any atom is 0.252 e. The van der Waals surface area contributed by atoms with E-state index in [1.165, 1.54) is 11.3 Å². The number of nitrogens with zero attached hydrogens (tertiary/aromatic N) is 2. The lowest BCUT2D eigenvalue weighted by atomic mass is 10.2. The number of rotatable bonds is 6. The minimum atomic E-state index is -0.110. The summed E-state index contributed by atoms with van der Waals surface area (Å²) in [4.78, 5) is 18.9. The third kappa shape index (κ3) is 3.70. The molecule has 1 aromatic heterocycles. The Labute approximate surface area is 156 Å². The van der Waals surface area contributed by atoms with Crippen LogP contribution in [-0.4, -0.2) is 31.7 Å². The molecule has 0 spiro atoms. The molecule has 3 rings (SSSR count). The van der Waals surface area contributed by atoms with Crippen molar-refractivity contribution in [3.05, 3.63) is 54.1 Å². The van der Waals surface area contributed by atoms with Crippen molar-refractivity contribution in [1.82, 2.24) is 4.98 Å². The van der Waals surface area contributed by atoms with E-state index in [1.807, 2.05) is 49.4 Å². The zero-order valence-corrected chi connectivity index (χ0v) is 15.7. The normalized spacial score (nSPS) is 11.0. The molecule has 0 atom stereocenters. The first kappa shape index (κ1) is 17.9. The highest BCUT2D eigenvalue weighted by Gasteiger charge is 2.15. The Kier molecular flexibility index (Phi) is 5.53. The third-order valence-corrected chi connectivity index (χ3v) is 4.98. The molecule has 26 heavy (non-hydrogen) atoms. The van der Waals surface area contributed by atoms with E-state index in [0.717, 1.165) is 15.8 Å². The van der Waals surface area contributed by atoms with E-state index in [0.29, 0.717) is 23.2 Å². The van der Waals surface area contributed by atoms with Crippen LogP contribution in [0.25, 0.3) is 16.3 Å². The summed E-state index contributed by atoms with van der Waals surface area (Å²) in [5.74, 6) is 1.17. The predicted octanol–water partition coefficient (Wildman–Crippen LogP) is 4.38. The molecule has 1 amide bonds. The summed E-state index contributed by atoms with van der Waals surface area (Å²) in [6, 6.07) is 13.4. The van der Waals surface area contributed by atoms with Gasteiger partial charge in [0.1, 0.15) is 0 Å². The number of amides is 1. The van der Waals surface area contributed by atoms with Gasteiger partial charge in [-0.3, -0.25) is 9.69 Å². The fourth-order valence-electron chi connectivity index (χ4n) is 2.57. The lowest BCUT2D eigenvalue weighted by molar-refractivity contribution is -0.114. The van der Waals surface area contributed by atoms with Crippen LogP contribution in [0.15, 0.2) is 48.5 Å². The highest BCUT2D eigenvalue weighted by atomic mass is 32.1.